The molecule has 0 rings (SSSR count). The average molecular weight is 249 g/mol. The van der Waals surface area contributed by atoms with E-state index in [9.17, 15) is 14.2 Å². The number of aliphatic hydroxyl groups is 1. The van der Waals surface area contributed by atoms with Gasteiger partial charge >= 0.3 is 5.97 Å². The molecule has 7 heteroatoms. The molecule has 0 aromatic heterocycles. The lowest BCUT2D eigenvalue weighted by atomic mass is 10.4. The summed E-state index contributed by atoms with van der Waals surface area (Å²) in [7, 11) is -2.14. The van der Waals surface area contributed by atoms with E-state index >= 15 is 0 Å². The molecule has 0 spiro atoms. The van der Waals surface area contributed by atoms with Crippen LogP contribution in [0.5, 0.6) is 0 Å². The molecular formula is C9H16NO5P. The van der Waals surface area contributed by atoms with Crippen LogP contribution < -0.4 is 5.32 Å². The average Bonchev–Trinajstić information content (AvgIpc) is 2.23. The first kappa shape index (κ1) is 14.9. The van der Waals surface area contributed by atoms with Gasteiger partial charge in [0.25, 0.3) is 0 Å². The summed E-state index contributed by atoms with van der Waals surface area (Å²) >= 11 is 0. The van der Waals surface area contributed by atoms with Crippen LogP contribution in [-0.2, 0) is 18.9 Å². The van der Waals surface area contributed by atoms with Crippen molar-refractivity contribution < 1.29 is 24.0 Å². The highest BCUT2D eigenvalue weighted by atomic mass is 31.1. The van der Waals surface area contributed by atoms with Crippen molar-refractivity contribution >= 4 is 19.7 Å². The van der Waals surface area contributed by atoms with Crippen LogP contribution >= 0.6 is 7.80 Å². The minimum atomic E-state index is -2.14. The molecule has 0 saturated heterocycles. The molecule has 0 fully saturated rings. The number of hydrogen-bond acceptors (Lipinski definition) is 5. The van der Waals surface area contributed by atoms with Gasteiger partial charge in [0.05, 0.1) is 13.0 Å². The van der Waals surface area contributed by atoms with E-state index in [1.165, 1.54) is 13.0 Å². The van der Waals surface area contributed by atoms with Gasteiger partial charge in [0.1, 0.15) is 13.5 Å². The summed E-state index contributed by atoms with van der Waals surface area (Å²) in [5.74, 6) is -1.09. The normalized spacial score (nSPS) is 13.1. The highest BCUT2D eigenvalue weighted by Crippen LogP contribution is 2.18. The monoisotopic (exact) mass is 249 g/mol. The zero-order valence-corrected chi connectivity index (χ0v) is 10.3. The minimum Gasteiger partial charge on any atom is -0.461 e. The van der Waals surface area contributed by atoms with Gasteiger partial charge in [0.2, 0.25) is 5.91 Å². The second-order valence-electron chi connectivity index (χ2n) is 2.92. The Kier molecular flexibility index (Phi) is 7.50. The van der Waals surface area contributed by atoms with Crippen molar-refractivity contribution in [2.45, 2.75) is 13.8 Å². The molecule has 1 amide bonds. The Morgan fingerprint density at radius 3 is 2.56 bits per heavy atom. The van der Waals surface area contributed by atoms with Crippen LogP contribution in [0.4, 0.5) is 0 Å². The zero-order valence-electron chi connectivity index (χ0n) is 9.28. The van der Waals surface area contributed by atoms with Crippen LogP contribution in [0, 0.1) is 0 Å². The van der Waals surface area contributed by atoms with Crippen LogP contribution in [0.2, 0.25) is 0 Å². The van der Waals surface area contributed by atoms with Gasteiger partial charge < -0.3 is 19.7 Å². The van der Waals surface area contributed by atoms with Crippen molar-refractivity contribution in [1.29, 1.82) is 0 Å². The van der Waals surface area contributed by atoms with E-state index < -0.39 is 26.0 Å². The molecule has 0 heterocycles. The lowest BCUT2D eigenvalue weighted by Gasteiger charge is -2.07. The first-order valence-corrected chi connectivity index (χ1v) is 6.60. The van der Waals surface area contributed by atoms with Crippen molar-refractivity contribution in [3.8, 4) is 0 Å². The van der Waals surface area contributed by atoms with Crippen LogP contribution in [-0.4, -0.2) is 36.1 Å². The summed E-state index contributed by atoms with van der Waals surface area (Å²) in [5.41, 5.74) is -0.0406. The van der Waals surface area contributed by atoms with Gasteiger partial charge in [0, 0.05) is 13.1 Å². The molecule has 2 N–H and O–H groups in total. The molecule has 0 radical (unpaired) electrons. The molecule has 0 aromatic carbocycles. The van der Waals surface area contributed by atoms with Crippen molar-refractivity contribution in [3.63, 3.8) is 0 Å². The number of aliphatic hydroxyl groups excluding tert-OH is 1. The molecule has 0 aliphatic heterocycles. The van der Waals surface area contributed by atoms with Crippen LogP contribution in [0.1, 0.15) is 13.8 Å². The van der Waals surface area contributed by atoms with Crippen LogP contribution in [0.25, 0.3) is 0 Å². The second-order valence-corrected chi connectivity index (χ2v) is 4.72. The van der Waals surface area contributed by atoms with Crippen molar-refractivity contribution in [3.05, 3.63) is 11.8 Å². The van der Waals surface area contributed by atoms with E-state index in [2.05, 4.69) is 5.32 Å². The van der Waals surface area contributed by atoms with E-state index in [4.69, 9.17) is 9.84 Å². The predicted octanol–water partition coefficient (Wildman–Crippen LogP) is 0.0790. The van der Waals surface area contributed by atoms with Crippen LogP contribution in [0.15, 0.2) is 11.8 Å². The summed E-state index contributed by atoms with van der Waals surface area (Å²) in [6.45, 7) is 3.08. The standard InChI is InChI=1S/C9H16NO5P/c1-3-15-9(13)8(10-7(2)12)4-5-16(14)6-11/h4,11,16H,3,5-6H2,1-2H3,(H,10,12). The summed E-state index contributed by atoms with van der Waals surface area (Å²) in [6.07, 6.45) is 0.934. The van der Waals surface area contributed by atoms with Crippen molar-refractivity contribution in [2.24, 2.45) is 0 Å². The van der Waals surface area contributed by atoms with E-state index in [1.807, 2.05) is 0 Å². The summed E-state index contributed by atoms with van der Waals surface area (Å²) < 4.78 is 15.7. The highest BCUT2D eigenvalue weighted by molar-refractivity contribution is 7.44. The Morgan fingerprint density at radius 1 is 1.50 bits per heavy atom. The maximum Gasteiger partial charge on any atom is 0.354 e. The number of hydrogen-bond donors (Lipinski definition) is 2. The quantitative estimate of drug-likeness (QED) is 0.395. The fourth-order valence-electron chi connectivity index (χ4n) is 0.864. The molecule has 0 aromatic rings. The first-order valence-electron chi connectivity index (χ1n) is 4.78. The number of rotatable bonds is 6. The second kappa shape index (κ2) is 8.07. The SMILES string of the molecule is CCOC(=O)C(=CC[PH](=O)CO)NC(C)=O. The number of nitrogens with one attached hydrogen (secondary N) is 1. The lowest BCUT2D eigenvalue weighted by Crippen LogP contribution is -2.26. The van der Waals surface area contributed by atoms with Crippen molar-refractivity contribution in [1.82, 2.24) is 5.32 Å². The molecular weight excluding hydrogens is 233 g/mol. The highest BCUT2D eigenvalue weighted by Gasteiger charge is 2.11. The molecule has 0 aliphatic rings. The largest absolute Gasteiger partial charge is 0.461 e. The van der Waals surface area contributed by atoms with E-state index in [-0.39, 0.29) is 18.5 Å². The zero-order chi connectivity index (χ0) is 12.6. The van der Waals surface area contributed by atoms with Gasteiger partial charge in [-0.3, -0.25) is 4.79 Å². The number of carbonyl (C=O) groups is 2. The van der Waals surface area contributed by atoms with Gasteiger partial charge in [-0.2, -0.15) is 0 Å². The molecule has 16 heavy (non-hydrogen) atoms. The lowest BCUT2D eigenvalue weighted by molar-refractivity contribution is -0.140. The predicted molar refractivity (Wildman–Crippen MR) is 59.5 cm³/mol. The molecule has 6 nitrogen and oxygen atoms in total. The fraction of sp³-hybridized carbons (Fsp3) is 0.556. The van der Waals surface area contributed by atoms with E-state index in [0.29, 0.717) is 0 Å². The Bertz CT molecular complexity index is 313. The van der Waals surface area contributed by atoms with Gasteiger partial charge in [0.15, 0.2) is 0 Å². The Morgan fingerprint density at radius 2 is 2.12 bits per heavy atom. The number of esters is 1. The topological polar surface area (TPSA) is 92.7 Å². The van der Waals surface area contributed by atoms with Gasteiger partial charge in [-0.25, -0.2) is 4.79 Å². The molecule has 1 unspecified atom stereocenters. The minimum absolute atomic E-state index is 0.0406. The van der Waals surface area contributed by atoms with E-state index in [0.717, 1.165) is 0 Å². The Balaban J connectivity index is 4.58. The summed E-state index contributed by atoms with van der Waals surface area (Å²) in [5, 5.41) is 10.9. The number of carbonyl (C=O) groups excluding carboxylic acids is 2. The maximum absolute atomic E-state index is 11.3. The third-order valence-electron chi connectivity index (χ3n) is 1.52. The molecule has 0 bridgehead atoms. The fourth-order valence-corrected chi connectivity index (χ4v) is 1.43. The number of allylic oxidation sites excluding steroid dienone is 1. The van der Waals surface area contributed by atoms with Crippen LogP contribution in [0.3, 0.4) is 0 Å². The van der Waals surface area contributed by atoms with E-state index in [1.54, 1.807) is 6.92 Å². The summed E-state index contributed by atoms with van der Waals surface area (Å²) in [6, 6.07) is 0. The van der Waals surface area contributed by atoms with Crippen molar-refractivity contribution in [2.75, 3.05) is 19.1 Å². The first-order chi connectivity index (χ1) is 7.51. The molecule has 0 aliphatic carbocycles. The van der Waals surface area contributed by atoms with Gasteiger partial charge in [-0.15, -0.1) is 0 Å². The Labute approximate surface area is 94.5 Å². The third-order valence-corrected chi connectivity index (χ3v) is 2.53. The van der Waals surface area contributed by atoms with Gasteiger partial charge in [-0.1, -0.05) is 0 Å². The summed E-state index contributed by atoms with van der Waals surface area (Å²) in [4.78, 5) is 22.1. The molecule has 1 atom stereocenters. The molecule has 92 valence electrons. The number of amides is 1. The van der Waals surface area contributed by atoms with Gasteiger partial charge in [-0.05, 0) is 13.0 Å². The Hall–Kier alpha value is -1.13. The molecule has 0 saturated carbocycles. The smallest absolute Gasteiger partial charge is 0.354 e. The number of ether oxygens (including phenoxy) is 1. The maximum atomic E-state index is 11.3. The third kappa shape index (κ3) is 6.37.